The molecule has 4 heteroatoms. The highest BCUT2D eigenvalue weighted by Crippen LogP contribution is 2.38. The first-order chi connectivity index (χ1) is 6.16. The first-order valence-corrected chi connectivity index (χ1v) is 5.10. The Morgan fingerprint density at radius 1 is 1.69 bits per heavy atom. The summed E-state index contributed by atoms with van der Waals surface area (Å²) < 4.78 is 4.80. The van der Waals surface area contributed by atoms with Gasteiger partial charge in [-0.15, -0.1) is 11.6 Å². The Morgan fingerprint density at radius 3 is 3.15 bits per heavy atom. The lowest BCUT2D eigenvalue weighted by molar-refractivity contribution is -0.149. The van der Waals surface area contributed by atoms with Crippen molar-refractivity contribution in [3.63, 3.8) is 0 Å². The minimum Gasteiger partial charge on any atom is -0.468 e. The van der Waals surface area contributed by atoms with Crippen LogP contribution in [0, 0.1) is 0 Å². The van der Waals surface area contributed by atoms with Crippen LogP contribution in [-0.2, 0) is 9.53 Å². The smallest absolute Gasteiger partial charge is 0.326 e. The number of methoxy groups -OCH3 is 1. The summed E-state index contributed by atoms with van der Waals surface area (Å²) in [6.07, 6.45) is 3.59. The molecule has 0 amide bonds. The van der Waals surface area contributed by atoms with Crippen LogP contribution in [0.2, 0.25) is 0 Å². The van der Waals surface area contributed by atoms with E-state index in [0.29, 0.717) is 12.5 Å². The third kappa shape index (κ3) is 1.44. The van der Waals surface area contributed by atoms with E-state index in [4.69, 9.17) is 16.3 Å². The van der Waals surface area contributed by atoms with Gasteiger partial charge in [0.15, 0.2) is 0 Å². The lowest BCUT2D eigenvalue weighted by Crippen LogP contribution is -2.55. The van der Waals surface area contributed by atoms with Crippen molar-refractivity contribution in [3.8, 4) is 0 Å². The van der Waals surface area contributed by atoms with E-state index in [2.05, 4.69) is 5.32 Å². The number of hydrogen-bond donors (Lipinski definition) is 1. The third-order valence-electron chi connectivity index (χ3n) is 3.09. The van der Waals surface area contributed by atoms with Crippen molar-refractivity contribution in [1.82, 2.24) is 5.32 Å². The highest BCUT2D eigenvalue weighted by atomic mass is 35.5. The van der Waals surface area contributed by atoms with Crippen LogP contribution in [0.3, 0.4) is 0 Å². The highest BCUT2D eigenvalue weighted by molar-refractivity contribution is 6.21. The number of fused-ring (bicyclic) bond motifs is 2. The zero-order chi connectivity index (χ0) is 9.47. The summed E-state index contributed by atoms with van der Waals surface area (Å²) in [5.41, 5.74) is -0.468. The molecule has 0 radical (unpaired) electrons. The van der Waals surface area contributed by atoms with Crippen LogP contribution in [0.15, 0.2) is 0 Å². The summed E-state index contributed by atoms with van der Waals surface area (Å²) in [5.74, 6) is -0.152. The summed E-state index contributed by atoms with van der Waals surface area (Å²) in [6, 6.07) is 0.412. The number of piperidine rings is 1. The predicted molar refractivity (Wildman–Crippen MR) is 49.8 cm³/mol. The van der Waals surface area contributed by atoms with Gasteiger partial charge < -0.3 is 4.74 Å². The molecule has 2 fully saturated rings. The molecule has 0 aromatic heterocycles. The molecule has 2 aliphatic heterocycles. The van der Waals surface area contributed by atoms with Crippen LogP contribution in [-0.4, -0.2) is 30.0 Å². The first kappa shape index (κ1) is 9.28. The Labute approximate surface area is 82.8 Å². The van der Waals surface area contributed by atoms with E-state index in [9.17, 15) is 4.79 Å². The second-order valence-corrected chi connectivity index (χ2v) is 4.61. The molecule has 0 aliphatic carbocycles. The lowest BCUT2D eigenvalue weighted by atomic mass is 9.90. The molecule has 2 bridgehead atoms. The van der Waals surface area contributed by atoms with Crippen LogP contribution in [0.1, 0.15) is 25.7 Å². The van der Waals surface area contributed by atoms with Gasteiger partial charge in [-0.2, -0.15) is 0 Å². The molecular weight excluding hydrogens is 190 g/mol. The molecule has 0 aromatic rings. The quantitative estimate of drug-likeness (QED) is 0.512. The SMILES string of the molecule is COC(=O)C12CCC(CC(Cl)C1)N2. The average molecular weight is 204 g/mol. The normalized spacial score (nSPS) is 43.2. The number of carbonyl (C=O) groups is 1. The van der Waals surface area contributed by atoms with E-state index in [0.717, 1.165) is 19.3 Å². The molecule has 0 spiro atoms. The number of rotatable bonds is 1. The number of carbonyl (C=O) groups excluding carboxylic acids is 1. The van der Waals surface area contributed by atoms with Crippen LogP contribution in [0.4, 0.5) is 0 Å². The summed E-state index contributed by atoms with van der Waals surface area (Å²) in [4.78, 5) is 11.5. The number of ether oxygens (including phenoxy) is 1. The molecule has 2 saturated heterocycles. The van der Waals surface area contributed by atoms with E-state index in [1.165, 1.54) is 7.11 Å². The van der Waals surface area contributed by atoms with Crippen molar-refractivity contribution in [2.75, 3.05) is 7.11 Å². The maximum Gasteiger partial charge on any atom is 0.326 e. The molecule has 2 heterocycles. The minimum atomic E-state index is -0.468. The van der Waals surface area contributed by atoms with Crippen molar-refractivity contribution in [2.24, 2.45) is 0 Å². The van der Waals surface area contributed by atoms with Crippen molar-refractivity contribution < 1.29 is 9.53 Å². The minimum absolute atomic E-state index is 0.118. The van der Waals surface area contributed by atoms with Crippen molar-refractivity contribution in [1.29, 1.82) is 0 Å². The Morgan fingerprint density at radius 2 is 2.46 bits per heavy atom. The molecule has 0 saturated carbocycles. The second kappa shape index (κ2) is 3.14. The van der Waals surface area contributed by atoms with E-state index in [-0.39, 0.29) is 11.3 Å². The number of alkyl halides is 1. The second-order valence-electron chi connectivity index (χ2n) is 3.99. The molecule has 0 aromatic carbocycles. The average Bonchev–Trinajstić information content (AvgIpc) is 2.42. The number of halogens is 1. The van der Waals surface area contributed by atoms with E-state index in [1.807, 2.05) is 0 Å². The Balaban J connectivity index is 2.18. The van der Waals surface area contributed by atoms with Gasteiger partial charge in [0.2, 0.25) is 0 Å². The van der Waals surface area contributed by atoms with Crippen molar-refractivity contribution in [2.45, 2.75) is 42.6 Å². The van der Waals surface area contributed by atoms with Gasteiger partial charge in [0.25, 0.3) is 0 Å². The van der Waals surface area contributed by atoms with Crippen molar-refractivity contribution >= 4 is 17.6 Å². The fraction of sp³-hybridized carbons (Fsp3) is 0.889. The van der Waals surface area contributed by atoms with Crippen LogP contribution in [0.25, 0.3) is 0 Å². The molecule has 13 heavy (non-hydrogen) atoms. The van der Waals surface area contributed by atoms with Gasteiger partial charge in [0.05, 0.1) is 7.11 Å². The molecule has 1 N–H and O–H groups in total. The van der Waals surface area contributed by atoms with E-state index in [1.54, 1.807) is 0 Å². The Hall–Kier alpha value is -0.280. The molecule has 3 unspecified atom stereocenters. The Kier molecular flexibility index (Phi) is 2.24. The number of hydrogen-bond acceptors (Lipinski definition) is 3. The largest absolute Gasteiger partial charge is 0.468 e. The van der Waals surface area contributed by atoms with E-state index < -0.39 is 5.54 Å². The van der Waals surface area contributed by atoms with Gasteiger partial charge in [0, 0.05) is 11.4 Å². The van der Waals surface area contributed by atoms with Gasteiger partial charge in [-0.3, -0.25) is 10.1 Å². The first-order valence-electron chi connectivity index (χ1n) is 4.66. The van der Waals surface area contributed by atoms with Gasteiger partial charge >= 0.3 is 5.97 Å². The van der Waals surface area contributed by atoms with Gasteiger partial charge in [0.1, 0.15) is 5.54 Å². The van der Waals surface area contributed by atoms with E-state index >= 15 is 0 Å². The zero-order valence-electron chi connectivity index (χ0n) is 7.68. The molecule has 2 rings (SSSR count). The third-order valence-corrected chi connectivity index (χ3v) is 3.42. The maximum atomic E-state index is 11.5. The van der Waals surface area contributed by atoms with Crippen molar-refractivity contribution in [3.05, 3.63) is 0 Å². The fourth-order valence-electron chi connectivity index (χ4n) is 2.50. The molecule has 2 aliphatic rings. The lowest BCUT2D eigenvalue weighted by Gasteiger charge is -2.34. The topological polar surface area (TPSA) is 38.3 Å². The van der Waals surface area contributed by atoms with Crippen LogP contribution >= 0.6 is 11.6 Å². The number of nitrogens with one attached hydrogen (secondary N) is 1. The number of esters is 1. The molecule has 74 valence electrons. The molecule has 3 atom stereocenters. The predicted octanol–water partition coefficient (Wildman–Crippen LogP) is 1.05. The monoisotopic (exact) mass is 203 g/mol. The molecular formula is C9H14ClNO2. The van der Waals surface area contributed by atoms with Crippen LogP contribution < -0.4 is 5.32 Å². The van der Waals surface area contributed by atoms with Crippen LogP contribution in [0.5, 0.6) is 0 Å². The molecule has 3 nitrogen and oxygen atoms in total. The summed E-state index contributed by atoms with van der Waals surface area (Å²) >= 11 is 6.09. The van der Waals surface area contributed by atoms with Gasteiger partial charge in [-0.1, -0.05) is 0 Å². The zero-order valence-corrected chi connectivity index (χ0v) is 8.43. The standard InChI is InChI=1S/C9H14ClNO2/c1-13-8(12)9-3-2-7(11-9)4-6(10)5-9/h6-7,11H,2-5H2,1H3. The van der Waals surface area contributed by atoms with Gasteiger partial charge in [-0.05, 0) is 25.7 Å². The summed E-state index contributed by atoms with van der Waals surface area (Å²) in [5, 5.41) is 3.44. The highest BCUT2D eigenvalue weighted by Gasteiger charge is 2.50. The van der Waals surface area contributed by atoms with Gasteiger partial charge in [-0.25, -0.2) is 0 Å². The summed E-state index contributed by atoms with van der Waals surface area (Å²) in [6.45, 7) is 0. The Bertz CT molecular complexity index is 234. The summed E-state index contributed by atoms with van der Waals surface area (Å²) in [7, 11) is 1.43. The maximum absolute atomic E-state index is 11.5. The fourth-order valence-corrected chi connectivity index (χ4v) is 2.98.